The number of benzene rings is 2. The SMILES string of the molecule is COC(=O)OCOc1c2n(ccc1=O)N1CN(C/C=C\COc3ccccc3C1c1ccccc1)C2=O. The average molecular weight is 504 g/mol. The first-order valence-electron chi connectivity index (χ1n) is 11.7. The Labute approximate surface area is 212 Å². The number of pyridine rings is 1. The molecule has 1 atom stereocenters. The smallest absolute Gasteiger partial charge is 0.489 e. The molecule has 0 N–H and O–H groups in total. The Morgan fingerprint density at radius 1 is 1.03 bits per heavy atom. The molecular weight excluding hydrogens is 478 g/mol. The van der Waals surface area contributed by atoms with Crippen LogP contribution in [-0.2, 0) is 9.47 Å². The molecule has 37 heavy (non-hydrogen) atoms. The highest BCUT2D eigenvalue weighted by atomic mass is 16.8. The van der Waals surface area contributed by atoms with Crippen LogP contribution in [0.25, 0.3) is 0 Å². The van der Waals surface area contributed by atoms with E-state index in [4.69, 9.17) is 14.2 Å². The van der Waals surface area contributed by atoms with E-state index in [1.807, 2.05) is 71.8 Å². The van der Waals surface area contributed by atoms with Gasteiger partial charge in [0.15, 0.2) is 5.69 Å². The van der Waals surface area contributed by atoms with Crippen LogP contribution in [0.4, 0.5) is 4.79 Å². The van der Waals surface area contributed by atoms with E-state index in [1.165, 1.54) is 6.07 Å². The fourth-order valence-corrected chi connectivity index (χ4v) is 4.45. The lowest BCUT2D eigenvalue weighted by Gasteiger charge is -2.44. The van der Waals surface area contributed by atoms with Gasteiger partial charge >= 0.3 is 6.16 Å². The zero-order valence-electron chi connectivity index (χ0n) is 20.1. The van der Waals surface area contributed by atoms with Gasteiger partial charge in [0.1, 0.15) is 25.1 Å². The van der Waals surface area contributed by atoms with Gasteiger partial charge in [0, 0.05) is 24.4 Å². The molecule has 5 rings (SSSR count). The van der Waals surface area contributed by atoms with Crippen LogP contribution in [0.1, 0.15) is 27.7 Å². The topological polar surface area (TPSA) is 99.5 Å². The van der Waals surface area contributed by atoms with E-state index in [0.29, 0.717) is 12.4 Å². The van der Waals surface area contributed by atoms with Gasteiger partial charge in [-0.3, -0.25) is 19.3 Å². The summed E-state index contributed by atoms with van der Waals surface area (Å²) in [5.41, 5.74) is 1.36. The molecule has 1 unspecified atom stereocenters. The van der Waals surface area contributed by atoms with Crippen molar-refractivity contribution in [1.82, 2.24) is 9.58 Å². The molecule has 190 valence electrons. The minimum atomic E-state index is -0.969. The Bertz CT molecular complexity index is 1390. The van der Waals surface area contributed by atoms with E-state index in [2.05, 4.69) is 4.74 Å². The fourth-order valence-electron chi connectivity index (χ4n) is 4.45. The predicted octanol–water partition coefficient (Wildman–Crippen LogP) is 3.06. The maximum Gasteiger partial charge on any atom is 0.510 e. The molecule has 3 heterocycles. The van der Waals surface area contributed by atoms with Crippen molar-refractivity contribution in [2.24, 2.45) is 0 Å². The average Bonchev–Trinajstić information content (AvgIpc) is 2.95. The number of para-hydroxylation sites is 1. The summed E-state index contributed by atoms with van der Waals surface area (Å²) < 4.78 is 22.5. The number of hydrogen-bond donors (Lipinski definition) is 0. The summed E-state index contributed by atoms with van der Waals surface area (Å²) in [6.45, 7) is 0.262. The standard InChI is InChI=1S/C27H25N3O7/c1-34-27(33)37-18-36-25-21(31)13-15-29-24(25)26(32)28-14-7-8-16-35-22-12-6-5-11-20(22)23(30(29)17-28)19-9-3-2-4-10-19/h2-13,15,23H,14,16-18H2,1H3/b8-7-. The van der Waals surface area contributed by atoms with E-state index in [0.717, 1.165) is 18.2 Å². The third-order valence-electron chi connectivity index (χ3n) is 6.12. The van der Waals surface area contributed by atoms with Crippen molar-refractivity contribution in [2.45, 2.75) is 6.04 Å². The molecule has 3 aromatic rings. The van der Waals surface area contributed by atoms with Crippen LogP contribution >= 0.6 is 0 Å². The Kier molecular flexibility index (Phi) is 6.80. The largest absolute Gasteiger partial charge is 0.510 e. The first kappa shape index (κ1) is 24.0. The Morgan fingerprint density at radius 3 is 2.62 bits per heavy atom. The lowest BCUT2D eigenvalue weighted by molar-refractivity contribution is 0.0135. The van der Waals surface area contributed by atoms with Gasteiger partial charge in [0.2, 0.25) is 18.0 Å². The molecular formula is C27H25N3O7. The lowest BCUT2D eigenvalue weighted by atomic mass is 9.97. The third kappa shape index (κ3) is 4.73. The highest BCUT2D eigenvalue weighted by Gasteiger charge is 2.37. The number of ether oxygens (including phenoxy) is 4. The van der Waals surface area contributed by atoms with Gasteiger partial charge in [0.25, 0.3) is 5.91 Å². The third-order valence-corrected chi connectivity index (χ3v) is 6.12. The van der Waals surface area contributed by atoms with Crippen molar-refractivity contribution in [3.05, 3.63) is 106 Å². The van der Waals surface area contributed by atoms with Crippen LogP contribution in [0.5, 0.6) is 11.5 Å². The zero-order valence-corrected chi connectivity index (χ0v) is 20.1. The van der Waals surface area contributed by atoms with Crippen molar-refractivity contribution >= 4 is 12.1 Å². The molecule has 1 amide bonds. The summed E-state index contributed by atoms with van der Waals surface area (Å²) in [5, 5.41) is 1.97. The molecule has 2 aliphatic heterocycles. The molecule has 0 saturated carbocycles. The number of hydrogen-bond acceptors (Lipinski definition) is 8. The lowest BCUT2D eigenvalue weighted by Crippen LogP contribution is -2.55. The number of fused-ring (bicyclic) bond motifs is 5. The maximum atomic E-state index is 13.7. The van der Waals surface area contributed by atoms with Gasteiger partial charge in [0.05, 0.1) is 7.11 Å². The number of aromatic nitrogens is 1. The van der Waals surface area contributed by atoms with Gasteiger partial charge in [-0.2, -0.15) is 0 Å². The second kappa shape index (κ2) is 10.5. The van der Waals surface area contributed by atoms with Crippen molar-refractivity contribution in [1.29, 1.82) is 0 Å². The quantitative estimate of drug-likeness (QED) is 0.304. The first-order chi connectivity index (χ1) is 18.1. The van der Waals surface area contributed by atoms with Crippen LogP contribution in [0.3, 0.4) is 0 Å². The molecule has 2 bridgehead atoms. The molecule has 0 radical (unpaired) electrons. The van der Waals surface area contributed by atoms with Crippen molar-refractivity contribution in [3.8, 4) is 11.5 Å². The minimum absolute atomic E-state index is 0.0270. The van der Waals surface area contributed by atoms with Crippen LogP contribution < -0.4 is 19.9 Å². The number of amides is 1. The van der Waals surface area contributed by atoms with E-state index in [-0.39, 0.29) is 30.7 Å². The summed E-state index contributed by atoms with van der Waals surface area (Å²) >= 11 is 0. The highest BCUT2D eigenvalue weighted by Crippen LogP contribution is 2.36. The number of carbonyl (C=O) groups excluding carboxylic acids is 2. The molecule has 2 aliphatic rings. The number of methoxy groups -OCH3 is 1. The van der Waals surface area contributed by atoms with Gasteiger partial charge in [-0.1, -0.05) is 54.6 Å². The number of nitrogens with zero attached hydrogens (tertiary/aromatic N) is 3. The molecule has 0 saturated heterocycles. The minimum Gasteiger partial charge on any atom is -0.489 e. The Morgan fingerprint density at radius 2 is 1.81 bits per heavy atom. The van der Waals surface area contributed by atoms with Crippen molar-refractivity contribution < 1.29 is 28.5 Å². The number of rotatable bonds is 4. The highest BCUT2D eigenvalue weighted by molar-refractivity contribution is 5.96. The monoisotopic (exact) mass is 503 g/mol. The summed E-state index contributed by atoms with van der Waals surface area (Å²) in [7, 11) is 1.16. The van der Waals surface area contributed by atoms with Crippen LogP contribution in [0, 0.1) is 0 Å². The normalized spacial score (nSPS) is 17.4. The molecule has 10 nitrogen and oxygen atoms in total. The summed E-state index contributed by atoms with van der Waals surface area (Å²) in [5.74, 6) is 0.0881. The molecule has 10 heteroatoms. The van der Waals surface area contributed by atoms with Gasteiger partial charge in [-0.25, -0.2) is 4.79 Å². The Hall–Kier alpha value is -4.73. The molecule has 0 fully saturated rings. The van der Waals surface area contributed by atoms with E-state index < -0.39 is 24.3 Å². The van der Waals surface area contributed by atoms with E-state index >= 15 is 0 Å². The van der Waals surface area contributed by atoms with Crippen LogP contribution in [-0.4, -0.2) is 55.4 Å². The van der Waals surface area contributed by atoms with Crippen molar-refractivity contribution in [3.63, 3.8) is 0 Å². The summed E-state index contributed by atoms with van der Waals surface area (Å²) in [6.07, 6.45) is 4.28. The van der Waals surface area contributed by atoms with E-state index in [9.17, 15) is 14.4 Å². The fraction of sp³-hybridized carbons (Fsp3) is 0.222. The van der Waals surface area contributed by atoms with Gasteiger partial charge in [-0.05, 0) is 17.7 Å². The van der Waals surface area contributed by atoms with Gasteiger partial charge in [-0.15, -0.1) is 0 Å². The zero-order chi connectivity index (χ0) is 25.8. The van der Waals surface area contributed by atoms with Crippen LogP contribution in [0.15, 0.2) is 83.8 Å². The van der Waals surface area contributed by atoms with E-state index in [1.54, 1.807) is 15.8 Å². The second-order valence-electron chi connectivity index (χ2n) is 8.30. The summed E-state index contributed by atoms with van der Waals surface area (Å²) in [6, 6.07) is 18.5. The molecule has 1 aromatic heterocycles. The maximum absolute atomic E-state index is 13.7. The number of carbonyl (C=O) groups is 2. The molecule has 0 aliphatic carbocycles. The summed E-state index contributed by atoms with van der Waals surface area (Å²) in [4.78, 5) is 39.5. The Balaban J connectivity index is 1.69. The molecule has 0 spiro atoms. The van der Waals surface area contributed by atoms with Gasteiger partial charge < -0.3 is 23.8 Å². The van der Waals surface area contributed by atoms with Crippen molar-refractivity contribution in [2.75, 3.05) is 38.7 Å². The van der Waals surface area contributed by atoms with Crippen LogP contribution in [0.2, 0.25) is 0 Å². The second-order valence-corrected chi connectivity index (χ2v) is 8.30. The molecule has 2 aromatic carbocycles. The first-order valence-corrected chi connectivity index (χ1v) is 11.7. The predicted molar refractivity (Wildman–Crippen MR) is 133 cm³/mol.